The number of carboxylic acids is 1. The van der Waals surface area contributed by atoms with Gasteiger partial charge < -0.3 is 20.4 Å². The Morgan fingerprint density at radius 3 is 1.48 bits per heavy atom. The number of carbonyl (C=O) groups is 1. The molecule has 4 N–H and O–H groups in total. The number of carboxylic acid groups (broad SMARTS) is 1. The van der Waals surface area contributed by atoms with E-state index in [1.54, 1.807) is 0 Å². The maximum absolute atomic E-state index is 10.4. The number of unbranched alkanes of at least 4 members (excludes halogenated alkanes) is 12. The van der Waals surface area contributed by atoms with Crippen molar-refractivity contribution in [1.29, 1.82) is 0 Å². The standard InChI is InChI=1S/C18H34O5/c19-16(18(22)23)14-12-10-8-6-4-2-1-3-5-7-9-11-13-15-17(20)21/h14,17,19-21H,1-13,15H2,(H,22,23)/b16-14-. The van der Waals surface area contributed by atoms with E-state index in [-0.39, 0.29) is 0 Å². The molecule has 0 spiro atoms. The Kier molecular flexibility index (Phi) is 15.1. The van der Waals surface area contributed by atoms with E-state index >= 15 is 0 Å². The van der Waals surface area contributed by atoms with E-state index in [1.807, 2.05) is 0 Å². The van der Waals surface area contributed by atoms with Crippen molar-refractivity contribution in [1.82, 2.24) is 0 Å². The zero-order valence-electron chi connectivity index (χ0n) is 14.3. The predicted molar refractivity (Wildman–Crippen MR) is 91.2 cm³/mol. The van der Waals surface area contributed by atoms with E-state index in [0.717, 1.165) is 25.7 Å². The molecular weight excluding hydrogens is 296 g/mol. The van der Waals surface area contributed by atoms with Crippen LogP contribution in [0.1, 0.15) is 89.9 Å². The van der Waals surface area contributed by atoms with E-state index < -0.39 is 18.0 Å². The van der Waals surface area contributed by atoms with Gasteiger partial charge in [0, 0.05) is 0 Å². The second-order valence-electron chi connectivity index (χ2n) is 6.20. The van der Waals surface area contributed by atoms with Crippen LogP contribution in [0.5, 0.6) is 0 Å². The zero-order chi connectivity index (χ0) is 17.3. The number of rotatable bonds is 16. The smallest absolute Gasteiger partial charge is 0.370 e. The average molecular weight is 330 g/mol. The Bertz CT molecular complexity index is 313. The molecular formula is C18H34O5. The van der Waals surface area contributed by atoms with Gasteiger partial charge in [0.25, 0.3) is 0 Å². The third-order valence-corrected chi connectivity index (χ3v) is 3.97. The molecule has 0 aliphatic heterocycles. The lowest BCUT2D eigenvalue weighted by Crippen LogP contribution is -2.02. The van der Waals surface area contributed by atoms with E-state index in [0.29, 0.717) is 12.8 Å². The summed E-state index contributed by atoms with van der Waals surface area (Å²) in [5, 5.41) is 34.9. The fourth-order valence-electron chi connectivity index (χ4n) is 2.57. The van der Waals surface area contributed by atoms with Crippen LogP contribution in [0.3, 0.4) is 0 Å². The summed E-state index contributed by atoms with van der Waals surface area (Å²) >= 11 is 0. The minimum atomic E-state index is -1.25. The topological polar surface area (TPSA) is 98.0 Å². The highest BCUT2D eigenvalue weighted by atomic mass is 16.5. The summed E-state index contributed by atoms with van der Waals surface area (Å²) in [5.74, 6) is -1.80. The summed E-state index contributed by atoms with van der Waals surface area (Å²) in [6, 6.07) is 0. The highest BCUT2D eigenvalue weighted by molar-refractivity contribution is 5.83. The van der Waals surface area contributed by atoms with Crippen molar-refractivity contribution in [3.05, 3.63) is 11.8 Å². The third kappa shape index (κ3) is 17.1. The van der Waals surface area contributed by atoms with Crippen LogP contribution in [0, 0.1) is 0 Å². The van der Waals surface area contributed by atoms with Crippen LogP contribution in [-0.4, -0.2) is 32.7 Å². The van der Waals surface area contributed by atoms with Gasteiger partial charge in [0.1, 0.15) is 0 Å². The first kappa shape index (κ1) is 21.9. The summed E-state index contributed by atoms with van der Waals surface area (Å²) in [6.07, 6.45) is 15.2. The summed E-state index contributed by atoms with van der Waals surface area (Å²) in [4.78, 5) is 10.4. The van der Waals surface area contributed by atoms with Gasteiger partial charge in [-0.2, -0.15) is 0 Å². The average Bonchev–Trinajstić information content (AvgIpc) is 2.50. The number of hydrogen-bond donors (Lipinski definition) is 4. The first-order valence-electron chi connectivity index (χ1n) is 9.02. The van der Waals surface area contributed by atoms with Crippen molar-refractivity contribution in [2.75, 3.05) is 0 Å². The van der Waals surface area contributed by atoms with Crippen LogP contribution in [0.4, 0.5) is 0 Å². The number of aliphatic hydroxyl groups excluding tert-OH is 2. The van der Waals surface area contributed by atoms with Gasteiger partial charge in [0.2, 0.25) is 0 Å². The SMILES string of the molecule is O=C(O)/C(O)=C/CCCCCCCCCCCCCCC(O)O. The van der Waals surface area contributed by atoms with Crippen LogP contribution in [0.2, 0.25) is 0 Å². The number of allylic oxidation sites excluding steroid dienone is 1. The van der Waals surface area contributed by atoms with Crippen molar-refractivity contribution in [3.63, 3.8) is 0 Å². The highest BCUT2D eigenvalue weighted by Crippen LogP contribution is 2.13. The number of aliphatic carboxylic acids is 1. The molecule has 0 unspecified atom stereocenters. The zero-order valence-corrected chi connectivity index (χ0v) is 14.3. The fraction of sp³-hybridized carbons (Fsp3) is 0.833. The normalized spacial score (nSPS) is 12.0. The van der Waals surface area contributed by atoms with Crippen LogP contribution in [0.15, 0.2) is 11.8 Å². The lowest BCUT2D eigenvalue weighted by atomic mass is 10.0. The molecule has 0 aliphatic carbocycles. The van der Waals surface area contributed by atoms with Gasteiger partial charge in [-0.1, -0.05) is 64.2 Å². The molecule has 0 aromatic carbocycles. The van der Waals surface area contributed by atoms with E-state index in [4.69, 9.17) is 20.4 Å². The second-order valence-corrected chi connectivity index (χ2v) is 6.20. The van der Waals surface area contributed by atoms with Crippen molar-refractivity contribution in [2.45, 2.75) is 96.2 Å². The molecule has 5 heteroatoms. The van der Waals surface area contributed by atoms with Crippen LogP contribution in [-0.2, 0) is 4.79 Å². The van der Waals surface area contributed by atoms with Crippen LogP contribution in [0.25, 0.3) is 0 Å². The first-order chi connectivity index (χ1) is 11.0. The van der Waals surface area contributed by atoms with Crippen molar-refractivity contribution in [2.24, 2.45) is 0 Å². The third-order valence-electron chi connectivity index (χ3n) is 3.97. The molecule has 0 radical (unpaired) electrons. The molecule has 0 aromatic heterocycles. The van der Waals surface area contributed by atoms with Gasteiger partial charge in [-0.25, -0.2) is 4.79 Å². The monoisotopic (exact) mass is 330 g/mol. The van der Waals surface area contributed by atoms with E-state index in [9.17, 15) is 4.79 Å². The largest absolute Gasteiger partial charge is 0.502 e. The molecule has 0 rings (SSSR count). The molecule has 0 heterocycles. The Hall–Kier alpha value is -1.07. The second kappa shape index (κ2) is 15.8. The maximum Gasteiger partial charge on any atom is 0.370 e. The Balaban J connectivity index is 3.14. The molecule has 0 fully saturated rings. The predicted octanol–water partition coefficient (Wildman–Crippen LogP) is 4.29. The van der Waals surface area contributed by atoms with Crippen molar-refractivity contribution in [3.8, 4) is 0 Å². The molecule has 136 valence electrons. The van der Waals surface area contributed by atoms with Crippen molar-refractivity contribution < 1.29 is 25.2 Å². The summed E-state index contributed by atoms with van der Waals surface area (Å²) in [7, 11) is 0. The fourth-order valence-corrected chi connectivity index (χ4v) is 2.57. The molecule has 0 atom stereocenters. The Morgan fingerprint density at radius 2 is 1.09 bits per heavy atom. The summed E-state index contributed by atoms with van der Waals surface area (Å²) in [6.45, 7) is 0. The van der Waals surface area contributed by atoms with Crippen LogP contribution >= 0.6 is 0 Å². The van der Waals surface area contributed by atoms with E-state index in [1.165, 1.54) is 57.4 Å². The van der Waals surface area contributed by atoms with Gasteiger partial charge in [0.05, 0.1) is 0 Å². The van der Waals surface area contributed by atoms with Gasteiger partial charge in [0.15, 0.2) is 12.0 Å². The van der Waals surface area contributed by atoms with Gasteiger partial charge in [-0.3, -0.25) is 0 Å². The first-order valence-corrected chi connectivity index (χ1v) is 9.02. The molecule has 0 aromatic rings. The molecule has 0 saturated carbocycles. The maximum atomic E-state index is 10.4. The number of aliphatic hydroxyl groups is 3. The molecule has 23 heavy (non-hydrogen) atoms. The lowest BCUT2D eigenvalue weighted by Gasteiger charge is -2.04. The van der Waals surface area contributed by atoms with Crippen LogP contribution < -0.4 is 0 Å². The highest BCUT2D eigenvalue weighted by Gasteiger charge is 2.01. The number of hydrogen-bond acceptors (Lipinski definition) is 4. The molecule has 0 saturated heterocycles. The summed E-state index contributed by atoms with van der Waals surface area (Å²) < 4.78 is 0. The Labute approximate surface area is 140 Å². The van der Waals surface area contributed by atoms with Crippen molar-refractivity contribution >= 4 is 5.97 Å². The molecule has 0 amide bonds. The van der Waals surface area contributed by atoms with Gasteiger partial charge >= 0.3 is 5.97 Å². The molecule has 0 bridgehead atoms. The van der Waals surface area contributed by atoms with Gasteiger partial charge in [-0.15, -0.1) is 0 Å². The minimum Gasteiger partial charge on any atom is -0.502 e. The van der Waals surface area contributed by atoms with E-state index in [2.05, 4.69) is 0 Å². The minimum absolute atomic E-state index is 0.492. The Morgan fingerprint density at radius 1 is 0.696 bits per heavy atom. The quantitative estimate of drug-likeness (QED) is 0.146. The lowest BCUT2D eigenvalue weighted by molar-refractivity contribution is -0.135. The molecule has 0 aliphatic rings. The molecule has 5 nitrogen and oxygen atoms in total. The summed E-state index contributed by atoms with van der Waals surface area (Å²) in [5.41, 5.74) is 0. The van der Waals surface area contributed by atoms with Gasteiger partial charge in [-0.05, 0) is 31.8 Å².